The number of nitrogens with one attached hydrogen (secondary N) is 2. The van der Waals surface area contributed by atoms with Gasteiger partial charge in [-0.25, -0.2) is 9.59 Å². The summed E-state index contributed by atoms with van der Waals surface area (Å²) in [4.78, 5) is 34.6. The lowest BCUT2D eigenvalue weighted by Gasteiger charge is -2.13. The molecule has 0 aliphatic carbocycles. The van der Waals surface area contributed by atoms with Gasteiger partial charge in [0.25, 0.3) is 5.91 Å². The van der Waals surface area contributed by atoms with E-state index >= 15 is 0 Å². The molecule has 0 heterocycles. The van der Waals surface area contributed by atoms with Crippen LogP contribution in [-0.4, -0.2) is 38.2 Å². The molecule has 0 saturated heterocycles. The second-order valence-corrected chi connectivity index (χ2v) is 4.82. The maximum Gasteiger partial charge on any atom is 0.340 e. The van der Waals surface area contributed by atoms with Crippen molar-refractivity contribution < 1.29 is 23.9 Å². The Morgan fingerprint density at radius 3 is 2.52 bits per heavy atom. The minimum absolute atomic E-state index is 0.217. The van der Waals surface area contributed by atoms with Gasteiger partial charge in [-0.3, -0.25) is 10.1 Å². The van der Waals surface area contributed by atoms with Gasteiger partial charge in [0.1, 0.15) is 5.75 Å². The first-order valence-electron chi connectivity index (χ1n) is 5.96. The molecule has 0 saturated carbocycles. The van der Waals surface area contributed by atoms with E-state index in [4.69, 9.17) is 9.47 Å². The molecule has 1 rings (SSSR count). The van der Waals surface area contributed by atoms with Gasteiger partial charge in [-0.05, 0) is 41.1 Å². The van der Waals surface area contributed by atoms with Crippen LogP contribution in [0.4, 0.5) is 4.79 Å². The van der Waals surface area contributed by atoms with E-state index < -0.39 is 24.0 Å². The smallest absolute Gasteiger partial charge is 0.340 e. The van der Waals surface area contributed by atoms with Gasteiger partial charge in [0.2, 0.25) is 0 Å². The maximum absolute atomic E-state index is 12.0. The average molecular weight is 359 g/mol. The van der Waals surface area contributed by atoms with Crippen LogP contribution in [-0.2, 0) is 9.53 Å². The van der Waals surface area contributed by atoms with Crippen LogP contribution in [0.15, 0.2) is 22.7 Å². The number of halogens is 1. The third-order valence-corrected chi connectivity index (χ3v) is 3.20. The van der Waals surface area contributed by atoms with E-state index in [2.05, 4.69) is 21.2 Å². The zero-order chi connectivity index (χ0) is 16.0. The Labute approximate surface area is 130 Å². The topological polar surface area (TPSA) is 93.7 Å². The molecular formula is C13H15BrN2O5. The summed E-state index contributed by atoms with van der Waals surface area (Å²) in [6.45, 7) is 1.37. The zero-order valence-electron chi connectivity index (χ0n) is 11.7. The van der Waals surface area contributed by atoms with E-state index in [0.717, 1.165) is 0 Å². The Balaban J connectivity index is 2.76. The van der Waals surface area contributed by atoms with Crippen molar-refractivity contribution in [2.75, 3.05) is 14.2 Å². The fourth-order valence-corrected chi connectivity index (χ4v) is 1.75. The summed E-state index contributed by atoms with van der Waals surface area (Å²) in [7, 11) is 2.84. The van der Waals surface area contributed by atoms with Crippen molar-refractivity contribution in [3.05, 3.63) is 28.2 Å². The van der Waals surface area contributed by atoms with Gasteiger partial charge in [-0.15, -0.1) is 0 Å². The lowest BCUT2D eigenvalue weighted by molar-refractivity contribution is -0.127. The molecule has 8 heteroatoms. The largest absolute Gasteiger partial charge is 0.497 e. The Morgan fingerprint density at radius 1 is 1.29 bits per heavy atom. The molecule has 2 N–H and O–H groups in total. The molecule has 1 aromatic carbocycles. The molecule has 0 aliphatic heterocycles. The quantitative estimate of drug-likeness (QED) is 0.794. The second-order valence-electron chi connectivity index (χ2n) is 3.96. The van der Waals surface area contributed by atoms with Crippen molar-refractivity contribution in [2.45, 2.75) is 13.0 Å². The number of methoxy groups -OCH3 is 1. The standard InChI is InChI=1S/C13H15BrN2O5/c1-7(11(17)16-13(19)15-2)21-12(18)9-6-8(20-3)4-5-10(9)14/h4-7H,1-3H3,(H2,15,16,17,19)/t7-/m0/s1. The van der Waals surface area contributed by atoms with Crippen LogP contribution in [0.1, 0.15) is 17.3 Å². The molecule has 1 atom stereocenters. The first-order chi connectivity index (χ1) is 9.88. The third-order valence-electron chi connectivity index (χ3n) is 2.51. The van der Waals surface area contributed by atoms with Crippen LogP contribution < -0.4 is 15.4 Å². The van der Waals surface area contributed by atoms with Gasteiger partial charge >= 0.3 is 12.0 Å². The highest BCUT2D eigenvalue weighted by Gasteiger charge is 2.22. The maximum atomic E-state index is 12.0. The van der Waals surface area contributed by atoms with Gasteiger partial charge in [0.15, 0.2) is 6.10 Å². The van der Waals surface area contributed by atoms with E-state index in [-0.39, 0.29) is 5.56 Å². The number of urea groups is 1. The number of hydrogen-bond donors (Lipinski definition) is 2. The number of amides is 3. The van der Waals surface area contributed by atoms with Gasteiger partial charge in [0, 0.05) is 11.5 Å². The molecule has 21 heavy (non-hydrogen) atoms. The summed E-state index contributed by atoms with van der Waals surface area (Å²) in [5.74, 6) is -0.949. The molecule has 0 aliphatic rings. The minimum atomic E-state index is -1.12. The van der Waals surface area contributed by atoms with Crippen LogP contribution in [0.5, 0.6) is 5.75 Å². The van der Waals surface area contributed by atoms with Crippen molar-refractivity contribution in [1.82, 2.24) is 10.6 Å². The number of hydrogen-bond acceptors (Lipinski definition) is 5. The Bertz CT molecular complexity index is 561. The summed E-state index contributed by atoms with van der Waals surface area (Å²) in [6, 6.07) is 4.11. The number of ether oxygens (including phenoxy) is 2. The lowest BCUT2D eigenvalue weighted by atomic mass is 10.2. The Kier molecular flexibility index (Phi) is 6.16. The molecule has 0 aromatic heterocycles. The van der Waals surface area contributed by atoms with Crippen LogP contribution in [0.25, 0.3) is 0 Å². The molecule has 0 bridgehead atoms. The fourth-order valence-electron chi connectivity index (χ4n) is 1.34. The number of imide groups is 1. The first-order valence-corrected chi connectivity index (χ1v) is 6.75. The number of benzene rings is 1. The number of carbonyl (C=O) groups excluding carboxylic acids is 3. The molecule has 0 fully saturated rings. The van der Waals surface area contributed by atoms with Gasteiger partial charge in [-0.1, -0.05) is 0 Å². The van der Waals surface area contributed by atoms with Crippen molar-refractivity contribution >= 4 is 33.8 Å². The number of carbonyl (C=O) groups is 3. The van der Waals surface area contributed by atoms with Crippen LogP contribution in [0.3, 0.4) is 0 Å². The summed E-state index contributed by atoms with van der Waals surface area (Å²) in [6.07, 6.45) is -1.12. The van der Waals surface area contributed by atoms with Crippen molar-refractivity contribution in [2.24, 2.45) is 0 Å². The molecular weight excluding hydrogens is 344 g/mol. The van der Waals surface area contributed by atoms with Crippen LogP contribution in [0.2, 0.25) is 0 Å². The van der Waals surface area contributed by atoms with Gasteiger partial charge in [0.05, 0.1) is 12.7 Å². The average Bonchev–Trinajstić information content (AvgIpc) is 2.47. The molecule has 3 amide bonds. The first kappa shape index (κ1) is 17.0. The molecule has 0 radical (unpaired) electrons. The monoisotopic (exact) mass is 358 g/mol. The zero-order valence-corrected chi connectivity index (χ0v) is 13.3. The Morgan fingerprint density at radius 2 is 1.95 bits per heavy atom. The van der Waals surface area contributed by atoms with E-state index in [0.29, 0.717) is 10.2 Å². The highest BCUT2D eigenvalue weighted by Crippen LogP contribution is 2.23. The highest BCUT2D eigenvalue weighted by molar-refractivity contribution is 9.10. The molecule has 1 aromatic rings. The summed E-state index contributed by atoms with van der Waals surface area (Å²) in [5, 5.41) is 4.25. The highest BCUT2D eigenvalue weighted by atomic mass is 79.9. The van der Waals surface area contributed by atoms with E-state index in [9.17, 15) is 14.4 Å². The van der Waals surface area contributed by atoms with Crippen LogP contribution >= 0.6 is 15.9 Å². The van der Waals surface area contributed by atoms with Crippen molar-refractivity contribution in [1.29, 1.82) is 0 Å². The molecule has 0 unspecified atom stereocenters. The predicted octanol–water partition coefficient (Wildman–Crippen LogP) is 1.46. The van der Waals surface area contributed by atoms with E-state index in [1.165, 1.54) is 27.1 Å². The molecule has 7 nitrogen and oxygen atoms in total. The van der Waals surface area contributed by atoms with Gasteiger partial charge in [-0.2, -0.15) is 0 Å². The van der Waals surface area contributed by atoms with E-state index in [1.54, 1.807) is 12.1 Å². The molecule has 114 valence electrons. The Hall–Kier alpha value is -2.09. The van der Waals surface area contributed by atoms with E-state index in [1.807, 2.05) is 5.32 Å². The second kappa shape index (κ2) is 7.63. The number of esters is 1. The summed E-state index contributed by atoms with van der Waals surface area (Å²) < 4.78 is 10.5. The minimum Gasteiger partial charge on any atom is -0.497 e. The predicted molar refractivity (Wildman–Crippen MR) is 78.2 cm³/mol. The normalized spacial score (nSPS) is 11.2. The summed E-state index contributed by atoms with van der Waals surface area (Å²) >= 11 is 3.22. The number of rotatable bonds is 4. The van der Waals surface area contributed by atoms with Crippen molar-refractivity contribution in [3.8, 4) is 5.75 Å². The van der Waals surface area contributed by atoms with Crippen molar-refractivity contribution in [3.63, 3.8) is 0 Å². The lowest BCUT2D eigenvalue weighted by Crippen LogP contribution is -2.43. The van der Waals surface area contributed by atoms with Gasteiger partial charge < -0.3 is 14.8 Å². The fraction of sp³-hybridized carbons (Fsp3) is 0.308. The third kappa shape index (κ3) is 4.75. The SMILES string of the molecule is CNC(=O)NC(=O)[C@H](C)OC(=O)c1cc(OC)ccc1Br. The molecule has 0 spiro atoms. The summed E-state index contributed by atoms with van der Waals surface area (Å²) in [5.41, 5.74) is 0.217. The van der Waals surface area contributed by atoms with Crippen LogP contribution in [0, 0.1) is 0 Å².